The molecule has 1 rings (SSSR count). The van der Waals surface area contributed by atoms with Gasteiger partial charge in [-0.3, -0.25) is 4.21 Å². The summed E-state index contributed by atoms with van der Waals surface area (Å²) in [5.74, 6) is -0.372. The Bertz CT molecular complexity index is 502. The van der Waals surface area contributed by atoms with Crippen LogP contribution in [0.3, 0.4) is 0 Å². The van der Waals surface area contributed by atoms with Gasteiger partial charge in [-0.2, -0.15) is 0 Å². The minimum absolute atomic E-state index is 0.248. The number of rotatable bonds is 8. The van der Waals surface area contributed by atoms with Crippen molar-refractivity contribution < 1.29 is 18.9 Å². The summed E-state index contributed by atoms with van der Waals surface area (Å²) in [5, 5.41) is 14.2. The molecule has 0 saturated heterocycles. The lowest BCUT2D eigenvalue weighted by molar-refractivity contribution is 0.0697. The predicted octanol–water partition coefficient (Wildman–Crippen LogP) is 0.995. The molecule has 0 aromatic heterocycles. The van der Waals surface area contributed by atoms with E-state index in [4.69, 9.17) is 5.11 Å². The highest BCUT2D eigenvalue weighted by Crippen LogP contribution is 2.04. The number of amides is 2. The van der Waals surface area contributed by atoms with Gasteiger partial charge < -0.3 is 15.7 Å². The molecule has 1 aromatic carbocycles. The average Bonchev–Trinajstić information content (AvgIpc) is 2.44. The Morgan fingerprint density at radius 3 is 2.33 bits per heavy atom. The second-order valence-electron chi connectivity index (χ2n) is 4.57. The number of benzene rings is 1. The van der Waals surface area contributed by atoms with Crippen LogP contribution in [0.15, 0.2) is 24.3 Å². The normalized spacial score (nSPS) is 11.7. The molecule has 3 N–H and O–H groups in total. The van der Waals surface area contributed by atoms with Crippen LogP contribution < -0.4 is 10.6 Å². The molecule has 6 nitrogen and oxygen atoms in total. The van der Waals surface area contributed by atoms with E-state index >= 15 is 0 Å². The van der Waals surface area contributed by atoms with Crippen LogP contribution in [-0.2, 0) is 17.2 Å². The molecule has 0 radical (unpaired) electrons. The van der Waals surface area contributed by atoms with Crippen molar-refractivity contribution >= 4 is 22.8 Å². The molecule has 0 aliphatic carbocycles. The zero-order chi connectivity index (χ0) is 15.7. The predicted molar refractivity (Wildman–Crippen MR) is 82.1 cm³/mol. The summed E-state index contributed by atoms with van der Waals surface area (Å²) in [5.41, 5.74) is 1.21. The van der Waals surface area contributed by atoms with Crippen molar-refractivity contribution in [3.05, 3.63) is 35.4 Å². The Kier molecular flexibility index (Phi) is 7.45. The first kappa shape index (κ1) is 17.2. The highest BCUT2D eigenvalue weighted by Gasteiger charge is 2.03. The largest absolute Gasteiger partial charge is 0.478 e. The van der Waals surface area contributed by atoms with E-state index in [0.717, 1.165) is 5.56 Å². The maximum Gasteiger partial charge on any atom is 0.335 e. The first-order valence-electron chi connectivity index (χ1n) is 6.63. The smallest absolute Gasteiger partial charge is 0.335 e. The van der Waals surface area contributed by atoms with Gasteiger partial charge in [0.2, 0.25) is 0 Å². The number of urea groups is 1. The molecule has 0 fully saturated rings. The third-order valence-corrected chi connectivity index (χ3v) is 3.66. The molecular weight excluding hydrogens is 292 g/mol. The molecule has 2 amide bonds. The highest BCUT2D eigenvalue weighted by molar-refractivity contribution is 7.84. The first-order valence-corrected chi connectivity index (χ1v) is 8.35. The van der Waals surface area contributed by atoms with Gasteiger partial charge in [0.1, 0.15) is 0 Å². The molecular formula is C14H20N2O4S. The number of carboxylic acid groups (broad SMARTS) is 1. The zero-order valence-electron chi connectivity index (χ0n) is 11.9. The van der Waals surface area contributed by atoms with Crippen molar-refractivity contribution in [1.82, 2.24) is 10.6 Å². The van der Waals surface area contributed by atoms with Gasteiger partial charge in [-0.25, -0.2) is 9.59 Å². The van der Waals surface area contributed by atoms with Crippen LogP contribution in [0.2, 0.25) is 0 Å². The van der Waals surface area contributed by atoms with E-state index in [1.807, 2.05) is 0 Å². The number of carbonyl (C=O) groups is 2. The molecule has 7 heteroatoms. The van der Waals surface area contributed by atoms with E-state index in [0.29, 0.717) is 31.7 Å². The second kappa shape index (κ2) is 9.12. The van der Waals surface area contributed by atoms with E-state index in [-0.39, 0.29) is 11.6 Å². The van der Waals surface area contributed by atoms with E-state index in [9.17, 15) is 13.8 Å². The average molecular weight is 312 g/mol. The maximum atomic E-state index is 11.4. The van der Waals surface area contributed by atoms with Crippen LogP contribution in [0.1, 0.15) is 22.3 Å². The summed E-state index contributed by atoms with van der Waals surface area (Å²) in [6.07, 6.45) is 2.95. The van der Waals surface area contributed by atoms with Crippen LogP contribution >= 0.6 is 0 Å². The SMILES string of the molecule is CS(=O)CCCNC(=O)NCCc1ccc(C(=O)O)cc1. The Morgan fingerprint density at radius 2 is 1.76 bits per heavy atom. The number of hydrogen-bond donors (Lipinski definition) is 3. The quantitative estimate of drug-likeness (QED) is 0.624. The van der Waals surface area contributed by atoms with E-state index < -0.39 is 16.8 Å². The lowest BCUT2D eigenvalue weighted by Crippen LogP contribution is -2.37. The van der Waals surface area contributed by atoms with Gasteiger partial charge in [-0.15, -0.1) is 0 Å². The van der Waals surface area contributed by atoms with Crippen molar-refractivity contribution in [1.29, 1.82) is 0 Å². The van der Waals surface area contributed by atoms with Crippen molar-refractivity contribution in [3.8, 4) is 0 Å². The topological polar surface area (TPSA) is 95.5 Å². The van der Waals surface area contributed by atoms with Crippen LogP contribution in [0.25, 0.3) is 0 Å². The van der Waals surface area contributed by atoms with Crippen molar-refractivity contribution in [3.63, 3.8) is 0 Å². The molecule has 1 atom stereocenters. The Morgan fingerprint density at radius 1 is 1.14 bits per heavy atom. The third-order valence-electron chi connectivity index (χ3n) is 2.79. The van der Waals surface area contributed by atoms with Gasteiger partial charge in [0.25, 0.3) is 0 Å². The third kappa shape index (κ3) is 7.45. The van der Waals surface area contributed by atoms with Crippen LogP contribution in [0.5, 0.6) is 0 Å². The second-order valence-corrected chi connectivity index (χ2v) is 6.12. The van der Waals surface area contributed by atoms with Gasteiger partial charge in [0.15, 0.2) is 0 Å². The first-order chi connectivity index (χ1) is 9.99. The molecule has 1 unspecified atom stereocenters. The molecule has 21 heavy (non-hydrogen) atoms. The summed E-state index contributed by atoms with van der Waals surface area (Å²) in [7, 11) is -0.829. The van der Waals surface area contributed by atoms with Gasteiger partial charge >= 0.3 is 12.0 Å². The minimum Gasteiger partial charge on any atom is -0.478 e. The number of carbonyl (C=O) groups excluding carboxylic acids is 1. The molecule has 0 spiro atoms. The molecule has 0 bridgehead atoms. The van der Waals surface area contributed by atoms with E-state index in [1.165, 1.54) is 0 Å². The molecule has 1 aromatic rings. The minimum atomic E-state index is -0.952. The summed E-state index contributed by atoms with van der Waals surface area (Å²) in [4.78, 5) is 22.1. The van der Waals surface area contributed by atoms with E-state index in [2.05, 4.69) is 10.6 Å². The van der Waals surface area contributed by atoms with Gasteiger partial charge in [-0.05, 0) is 30.5 Å². The number of nitrogens with one attached hydrogen (secondary N) is 2. The Balaban J connectivity index is 2.19. The number of hydrogen-bond acceptors (Lipinski definition) is 3. The Labute approximate surface area is 126 Å². The van der Waals surface area contributed by atoms with Gasteiger partial charge in [-0.1, -0.05) is 12.1 Å². The van der Waals surface area contributed by atoms with Gasteiger partial charge in [0.05, 0.1) is 5.56 Å². The van der Waals surface area contributed by atoms with E-state index in [1.54, 1.807) is 30.5 Å². The lowest BCUT2D eigenvalue weighted by Gasteiger charge is -2.07. The summed E-state index contributed by atoms with van der Waals surface area (Å²) in [6.45, 7) is 0.969. The van der Waals surface area contributed by atoms with Crippen molar-refractivity contribution in [2.75, 3.05) is 25.1 Å². The summed E-state index contributed by atoms with van der Waals surface area (Å²) in [6, 6.07) is 6.31. The fourth-order valence-corrected chi connectivity index (χ4v) is 2.23. The molecule has 0 heterocycles. The monoisotopic (exact) mass is 312 g/mol. The zero-order valence-corrected chi connectivity index (χ0v) is 12.7. The molecule has 0 aliphatic rings. The van der Waals surface area contributed by atoms with Crippen molar-refractivity contribution in [2.45, 2.75) is 12.8 Å². The standard InChI is InChI=1S/C14H20N2O4S/c1-21(20)10-2-8-15-14(19)16-9-7-11-3-5-12(6-4-11)13(17)18/h3-6H,2,7-10H2,1H3,(H,17,18)(H2,15,16,19). The molecule has 0 aliphatic heterocycles. The highest BCUT2D eigenvalue weighted by atomic mass is 32.2. The summed E-state index contributed by atoms with van der Waals surface area (Å²) >= 11 is 0. The van der Waals surface area contributed by atoms with Crippen LogP contribution in [0, 0.1) is 0 Å². The molecule has 0 saturated carbocycles. The maximum absolute atomic E-state index is 11.4. The summed E-state index contributed by atoms with van der Waals surface area (Å²) < 4.78 is 10.8. The number of carboxylic acids is 1. The van der Waals surface area contributed by atoms with Gasteiger partial charge in [0, 0.05) is 35.9 Å². The Hall–Kier alpha value is -1.89. The molecule has 116 valence electrons. The van der Waals surface area contributed by atoms with Crippen LogP contribution in [0.4, 0.5) is 4.79 Å². The number of aromatic carboxylic acids is 1. The fourth-order valence-electron chi connectivity index (χ4n) is 1.67. The fraction of sp³-hybridized carbons (Fsp3) is 0.429. The van der Waals surface area contributed by atoms with Crippen molar-refractivity contribution in [2.24, 2.45) is 0 Å². The lowest BCUT2D eigenvalue weighted by atomic mass is 10.1. The van der Waals surface area contributed by atoms with Crippen LogP contribution in [-0.4, -0.2) is 46.4 Å².